The molecule has 0 spiro atoms. The van der Waals surface area contributed by atoms with E-state index in [0.29, 0.717) is 28.4 Å². The zero-order valence-corrected chi connectivity index (χ0v) is 14.4. The molecule has 1 N–H and O–H groups in total. The van der Waals surface area contributed by atoms with Crippen molar-refractivity contribution in [1.82, 2.24) is 10.3 Å². The minimum absolute atomic E-state index is 0.192. The van der Waals surface area contributed by atoms with E-state index in [1.165, 1.54) is 36.6 Å². The van der Waals surface area contributed by atoms with Crippen LogP contribution >= 0.6 is 22.9 Å². The predicted octanol–water partition coefficient (Wildman–Crippen LogP) is 3.47. The summed E-state index contributed by atoms with van der Waals surface area (Å²) in [5.74, 6) is -0.458. The summed E-state index contributed by atoms with van der Waals surface area (Å²) in [7, 11) is 1.30. The number of halogens is 2. The summed E-state index contributed by atoms with van der Waals surface area (Å²) in [5, 5.41) is 5.10. The van der Waals surface area contributed by atoms with Crippen LogP contribution in [0.4, 0.5) is 4.39 Å². The van der Waals surface area contributed by atoms with E-state index in [-0.39, 0.29) is 5.02 Å². The Morgan fingerprint density at radius 2 is 2.25 bits per heavy atom. The lowest BCUT2D eigenvalue weighted by atomic mass is 9.95. The van der Waals surface area contributed by atoms with Crippen molar-refractivity contribution in [2.75, 3.05) is 7.11 Å². The van der Waals surface area contributed by atoms with E-state index in [4.69, 9.17) is 16.3 Å². The number of thiazole rings is 1. The van der Waals surface area contributed by atoms with Crippen LogP contribution in [-0.2, 0) is 9.53 Å². The van der Waals surface area contributed by atoms with Crippen molar-refractivity contribution in [3.63, 3.8) is 0 Å². The number of hydrogen-bond donors (Lipinski definition) is 1. The number of nitrogens with one attached hydrogen (secondary N) is 1. The summed E-state index contributed by atoms with van der Waals surface area (Å²) in [4.78, 5) is 21.0. The van der Waals surface area contributed by atoms with Crippen molar-refractivity contribution in [3.8, 4) is 0 Å². The van der Waals surface area contributed by atoms with Crippen LogP contribution in [0, 0.1) is 5.82 Å². The van der Waals surface area contributed by atoms with Crippen molar-refractivity contribution < 1.29 is 13.9 Å². The molecule has 1 aromatic heterocycles. The molecule has 8 heteroatoms. The second kappa shape index (κ2) is 6.70. The third kappa shape index (κ3) is 3.05. The summed E-state index contributed by atoms with van der Waals surface area (Å²) >= 11 is 7.61. The van der Waals surface area contributed by atoms with Gasteiger partial charge in [-0.3, -0.25) is 4.99 Å². The van der Waals surface area contributed by atoms with Crippen molar-refractivity contribution in [2.45, 2.75) is 13.0 Å². The minimum atomic E-state index is -0.705. The SMILES string of the molecule is COC(=O)C1=C(C)NC(c2cscn2)=N[C@@H]1c1ccc(F)cc1Cl. The monoisotopic (exact) mass is 365 g/mol. The van der Waals surface area contributed by atoms with Gasteiger partial charge in [-0.25, -0.2) is 14.2 Å². The molecule has 0 saturated carbocycles. The number of methoxy groups -OCH3 is 1. The molecule has 124 valence electrons. The maximum Gasteiger partial charge on any atom is 0.338 e. The van der Waals surface area contributed by atoms with Gasteiger partial charge >= 0.3 is 5.97 Å². The first kappa shape index (κ1) is 16.6. The highest BCUT2D eigenvalue weighted by molar-refractivity contribution is 7.07. The van der Waals surface area contributed by atoms with Gasteiger partial charge in [0.15, 0.2) is 5.84 Å². The van der Waals surface area contributed by atoms with Crippen LogP contribution in [0.1, 0.15) is 24.2 Å². The van der Waals surface area contributed by atoms with E-state index in [0.717, 1.165) is 0 Å². The lowest BCUT2D eigenvalue weighted by Crippen LogP contribution is -2.32. The molecule has 3 rings (SSSR count). The Morgan fingerprint density at radius 3 is 2.88 bits per heavy atom. The number of benzene rings is 1. The fourth-order valence-corrected chi connectivity index (χ4v) is 3.27. The van der Waals surface area contributed by atoms with Gasteiger partial charge in [0.2, 0.25) is 0 Å². The molecule has 24 heavy (non-hydrogen) atoms. The summed E-state index contributed by atoms with van der Waals surface area (Å²) in [5.41, 5.74) is 3.78. The van der Waals surface area contributed by atoms with Gasteiger partial charge in [0, 0.05) is 21.7 Å². The van der Waals surface area contributed by atoms with E-state index >= 15 is 0 Å². The molecule has 0 bridgehead atoms. The highest BCUT2D eigenvalue weighted by atomic mass is 35.5. The van der Waals surface area contributed by atoms with Crippen LogP contribution < -0.4 is 5.32 Å². The molecule has 1 atom stereocenters. The first-order valence-electron chi connectivity index (χ1n) is 6.98. The molecule has 0 fully saturated rings. The normalized spacial score (nSPS) is 17.3. The predicted molar refractivity (Wildman–Crippen MR) is 90.7 cm³/mol. The number of amidine groups is 1. The molecule has 0 unspecified atom stereocenters. The molecule has 1 aliphatic heterocycles. The molecular weight excluding hydrogens is 353 g/mol. The smallest absolute Gasteiger partial charge is 0.338 e. The summed E-state index contributed by atoms with van der Waals surface area (Å²) in [6.07, 6.45) is 0. The zero-order chi connectivity index (χ0) is 17.3. The number of nitrogens with zero attached hydrogens (tertiary/aromatic N) is 2. The molecule has 0 aliphatic carbocycles. The van der Waals surface area contributed by atoms with Crippen LogP contribution in [0.3, 0.4) is 0 Å². The highest BCUT2D eigenvalue weighted by Gasteiger charge is 2.32. The van der Waals surface area contributed by atoms with E-state index in [2.05, 4.69) is 15.3 Å². The van der Waals surface area contributed by atoms with Gasteiger partial charge in [-0.1, -0.05) is 17.7 Å². The number of ether oxygens (including phenoxy) is 1. The molecule has 0 radical (unpaired) electrons. The zero-order valence-electron chi connectivity index (χ0n) is 12.8. The van der Waals surface area contributed by atoms with E-state index < -0.39 is 17.8 Å². The van der Waals surface area contributed by atoms with Crippen LogP contribution in [0.15, 0.2) is 45.4 Å². The molecule has 0 amide bonds. The topological polar surface area (TPSA) is 63.6 Å². The fraction of sp³-hybridized carbons (Fsp3) is 0.188. The molecule has 1 aromatic carbocycles. The van der Waals surface area contributed by atoms with Crippen LogP contribution in [-0.4, -0.2) is 23.9 Å². The number of rotatable bonds is 3. The summed E-state index contributed by atoms with van der Waals surface area (Å²) < 4.78 is 18.2. The van der Waals surface area contributed by atoms with Gasteiger partial charge < -0.3 is 10.1 Å². The average molecular weight is 366 g/mol. The highest BCUT2D eigenvalue weighted by Crippen LogP contribution is 2.36. The van der Waals surface area contributed by atoms with Gasteiger partial charge in [-0.15, -0.1) is 11.3 Å². The van der Waals surface area contributed by atoms with Gasteiger partial charge in [0.25, 0.3) is 0 Å². The molecule has 5 nitrogen and oxygen atoms in total. The summed E-state index contributed by atoms with van der Waals surface area (Å²) in [6, 6.07) is 3.29. The Morgan fingerprint density at radius 1 is 1.46 bits per heavy atom. The van der Waals surface area contributed by atoms with Gasteiger partial charge in [0.05, 0.1) is 18.2 Å². The number of esters is 1. The first-order valence-corrected chi connectivity index (χ1v) is 8.30. The van der Waals surface area contributed by atoms with Crippen LogP contribution in [0.5, 0.6) is 0 Å². The Hall–Kier alpha value is -2.25. The first-order chi connectivity index (χ1) is 11.5. The minimum Gasteiger partial charge on any atom is -0.466 e. The molecular formula is C16H13ClFN3O2S. The molecule has 0 saturated heterocycles. The number of carbonyl (C=O) groups is 1. The van der Waals surface area contributed by atoms with E-state index in [1.807, 2.05) is 5.38 Å². The number of aromatic nitrogens is 1. The second-order valence-electron chi connectivity index (χ2n) is 5.08. The van der Waals surface area contributed by atoms with Crippen molar-refractivity contribution in [3.05, 3.63) is 62.5 Å². The number of hydrogen-bond acceptors (Lipinski definition) is 6. The Labute approximate surface area is 146 Å². The van der Waals surface area contributed by atoms with Crippen molar-refractivity contribution in [2.24, 2.45) is 4.99 Å². The van der Waals surface area contributed by atoms with E-state index in [9.17, 15) is 9.18 Å². The van der Waals surface area contributed by atoms with Gasteiger partial charge in [0.1, 0.15) is 17.6 Å². The third-order valence-corrected chi connectivity index (χ3v) is 4.49. The maximum absolute atomic E-state index is 13.4. The van der Waals surface area contributed by atoms with E-state index in [1.54, 1.807) is 12.4 Å². The number of aliphatic imine (C=N–C) groups is 1. The lowest BCUT2D eigenvalue weighted by Gasteiger charge is -2.25. The number of allylic oxidation sites excluding steroid dienone is 1. The average Bonchev–Trinajstić information content (AvgIpc) is 3.08. The van der Waals surface area contributed by atoms with Crippen molar-refractivity contribution >= 4 is 34.7 Å². The Balaban J connectivity index is 2.14. The second-order valence-corrected chi connectivity index (χ2v) is 6.20. The molecule has 2 aromatic rings. The quantitative estimate of drug-likeness (QED) is 0.846. The van der Waals surface area contributed by atoms with Crippen molar-refractivity contribution in [1.29, 1.82) is 0 Å². The maximum atomic E-state index is 13.4. The van der Waals surface area contributed by atoms with Gasteiger partial charge in [-0.05, 0) is 19.1 Å². The third-order valence-electron chi connectivity index (χ3n) is 3.58. The lowest BCUT2D eigenvalue weighted by molar-refractivity contribution is -0.136. The van der Waals surface area contributed by atoms with Crippen LogP contribution in [0.25, 0.3) is 0 Å². The standard InChI is InChI=1S/C16H13ClFN3O2S/c1-8-13(16(22)23-2)14(10-4-3-9(18)5-11(10)17)21-15(20-8)12-6-24-7-19-12/h3-7,14H,1-2H3,(H,20,21)/t14-/m1/s1. The fourth-order valence-electron chi connectivity index (χ4n) is 2.46. The largest absolute Gasteiger partial charge is 0.466 e. The van der Waals surface area contributed by atoms with Crippen LogP contribution in [0.2, 0.25) is 5.02 Å². The molecule has 1 aliphatic rings. The molecule has 2 heterocycles. The van der Waals surface area contributed by atoms with Gasteiger partial charge in [-0.2, -0.15) is 0 Å². The number of carbonyl (C=O) groups excluding carboxylic acids is 1. The Kier molecular flexibility index (Phi) is 4.64. The summed E-state index contributed by atoms with van der Waals surface area (Å²) in [6.45, 7) is 1.75. The Bertz CT molecular complexity index is 849.